The molecule has 1 aromatic carbocycles. The van der Waals surface area contributed by atoms with E-state index in [-0.39, 0.29) is 22.5 Å². The zero-order valence-corrected chi connectivity index (χ0v) is 20.5. The minimum absolute atomic E-state index is 0.0588. The molecule has 0 fully saturated rings. The largest absolute Gasteiger partial charge is 0.448 e. The molecule has 3 heterocycles. The van der Waals surface area contributed by atoms with Gasteiger partial charge in [0.15, 0.2) is 0 Å². The topological polar surface area (TPSA) is 101 Å². The number of nitrogens with zero attached hydrogens (tertiary/aromatic N) is 2. The lowest BCUT2D eigenvalue weighted by Gasteiger charge is -2.15. The van der Waals surface area contributed by atoms with Crippen LogP contribution in [0.25, 0.3) is 22.0 Å². The number of hydrogen-bond donors (Lipinski definition) is 3. The summed E-state index contributed by atoms with van der Waals surface area (Å²) in [4.78, 5) is 30.1. The number of hydrogen-bond acceptors (Lipinski definition) is 5. The number of amides is 2. The fourth-order valence-electron chi connectivity index (χ4n) is 3.81. The Labute approximate surface area is 202 Å². The van der Waals surface area contributed by atoms with Gasteiger partial charge >= 0.3 is 6.03 Å². The molecule has 0 atom stereocenters. The van der Waals surface area contributed by atoms with Gasteiger partial charge in [0.2, 0.25) is 5.88 Å². The summed E-state index contributed by atoms with van der Waals surface area (Å²) in [6, 6.07) is 7.33. The van der Waals surface area contributed by atoms with Crippen molar-refractivity contribution in [1.82, 2.24) is 9.55 Å². The van der Waals surface area contributed by atoms with Crippen LogP contribution in [-0.2, 0) is 12.5 Å². The Kier molecular flexibility index (Phi) is 6.10. The Bertz CT molecular complexity index is 1500. The quantitative estimate of drug-likeness (QED) is 0.354. The lowest BCUT2D eigenvalue weighted by Crippen LogP contribution is -2.21. The van der Waals surface area contributed by atoms with Crippen LogP contribution in [0.3, 0.4) is 0 Å². The number of anilines is 3. The highest BCUT2D eigenvalue weighted by atomic mass is 19.1. The van der Waals surface area contributed by atoms with Crippen LogP contribution in [0.5, 0.6) is 0 Å². The van der Waals surface area contributed by atoms with E-state index in [0.717, 1.165) is 10.9 Å². The normalized spacial score (nSPS) is 11.5. The molecule has 3 aromatic heterocycles. The van der Waals surface area contributed by atoms with Crippen LogP contribution in [0.1, 0.15) is 31.9 Å². The van der Waals surface area contributed by atoms with Gasteiger partial charge in [-0.05, 0) is 47.2 Å². The molecular formula is C26H28FN5O3. The molecular weight excluding hydrogens is 449 g/mol. The molecule has 4 rings (SSSR count). The molecule has 0 saturated carbocycles. The number of carbonyl (C=O) groups is 1. The predicted molar refractivity (Wildman–Crippen MR) is 137 cm³/mol. The molecule has 9 heteroatoms. The number of urea groups is 1. The van der Waals surface area contributed by atoms with Crippen LogP contribution in [-0.4, -0.2) is 22.6 Å². The summed E-state index contributed by atoms with van der Waals surface area (Å²) in [6.45, 7) is 7.79. The zero-order chi connectivity index (χ0) is 25.5. The first-order valence-electron chi connectivity index (χ1n) is 11.1. The van der Waals surface area contributed by atoms with E-state index in [1.165, 1.54) is 16.7 Å². The van der Waals surface area contributed by atoms with Gasteiger partial charge in [0.05, 0.1) is 17.5 Å². The Morgan fingerprint density at radius 3 is 2.49 bits per heavy atom. The molecule has 0 aliphatic carbocycles. The van der Waals surface area contributed by atoms with Crippen molar-refractivity contribution < 1.29 is 13.6 Å². The molecule has 182 valence electrons. The van der Waals surface area contributed by atoms with Crippen molar-refractivity contribution in [2.75, 3.05) is 23.0 Å². The lowest BCUT2D eigenvalue weighted by molar-refractivity contribution is 0.261. The van der Waals surface area contributed by atoms with E-state index >= 15 is 0 Å². The second kappa shape index (κ2) is 8.90. The average molecular weight is 478 g/mol. The third-order valence-corrected chi connectivity index (χ3v) is 5.92. The SMILES string of the molecule is CNc1cc2c(cn1)cc(-c1cc(NC(=O)Nc3cc(C(C)(C)C)co3)c(F)cc1C)c(=O)n2C. The van der Waals surface area contributed by atoms with Crippen LogP contribution >= 0.6 is 0 Å². The monoisotopic (exact) mass is 477 g/mol. The van der Waals surface area contributed by atoms with Crippen molar-refractivity contribution in [3.05, 3.63) is 70.1 Å². The minimum atomic E-state index is -0.663. The van der Waals surface area contributed by atoms with E-state index < -0.39 is 11.8 Å². The van der Waals surface area contributed by atoms with Gasteiger partial charge < -0.3 is 19.6 Å². The first-order chi connectivity index (χ1) is 16.5. The van der Waals surface area contributed by atoms with Gasteiger partial charge in [-0.3, -0.25) is 10.1 Å². The number of fused-ring (bicyclic) bond motifs is 1. The second-order valence-electron chi connectivity index (χ2n) is 9.48. The molecule has 8 nitrogen and oxygen atoms in total. The number of furan rings is 1. The average Bonchev–Trinajstić information content (AvgIpc) is 3.27. The predicted octanol–water partition coefficient (Wildman–Crippen LogP) is 5.62. The summed E-state index contributed by atoms with van der Waals surface area (Å²) in [5.74, 6) is 0.271. The highest BCUT2D eigenvalue weighted by molar-refractivity contribution is 5.99. The number of aromatic nitrogens is 2. The van der Waals surface area contributed by atoms with E-state index in [1.54, 1.807) is 51.7 Å². The number of halogens is 1. The van der Waals surface area contributed by atoms with Gasteiger partial charge in [0.1, 0.15) is 11.6 Å². The standard InChI is InChI=1S/C26H28FN5O3/c1-14-7-19(27)20(30-25(34)31-23-9-16(13-35-23)26(2,3)4)10-17(14)18-8-15-12-29-22(28-5)11-21(15)32(6)24(18)33/h7-13H,1-6H3,(H,28,29)(H2,30,31,34). The molecule has 0 radical (unpaired) electrons. The van der Waals surface area contributed by atoms with Crippen molar-refractivity contribution in [1.29, 1.82) is 0 Å². The summed E-state index contributed by atoms with van der Waals surface area (Å²) in [5.41, 5.74) is 2.62. The fourth-order valence-corrected chi connectivity index (χ4v) is 3.81. The number of aryl methyl sites for hydroxylation is 2. The first kappa shape index (κ1) is 24.0. The number of carbonyl (C=O) groups excluding carboxylic acids is 1. The summed E-state index contributed by atoms with van der Waals surface area (Å²) in [7, 11) is 3.43. The number of nitrogens with one attached hydrogen (secondary N) is 3. The Hall–Kier alpha value is -4.14. The Balaban J connectivity index is 1.67. The molecule has 4 aromatic rings. The van der Waals surface area contributed by atoms with Crippen LogP contribution in [0.15, 0.2) is 52.0 Å². The highest BCUT2D eigenvalue weighted by Crippen LogP contribution is 2.30. The van der Waals surface area contributed by atoms with E-state index in [9.17, 15) is 14.0 Å². The molecule has 0 unspecified atom stereocenters. The summed E-state index contributed by atoms with van der Waals surface area (Å²) < 4.78 is 21.7. The van der Waals surface area contributed by atoms with Crippen LogP contribution in [0.2, 0.25) is 0 Å². The highest BCUT2D eigenvalue weighted by Gasteiger charge is 2.19. The third kappa shape index (κ3) is 4.75. The van der Waals surface area contributed by atoms with Gasteiger partial charge in [-0.15, -0.1) is 0 Å². The van der Waals surface area contributed by atoms with Gasteiger partial charge in [0.25, 0.3) is 5.56 Å². The zero-order valence-electron chi connectivity index (χ0n) is 20.5. The summed E-state index contributed by atoms with van der Waals surface area (Å²) >= 11 is 0. The summed E-state index contributed by atoms with van der Waals surface area (Å²) in [5, 5.41) is 8.80. The fraction of sp³-hybridized carbons (Fsp3) is 0.269. The van der Waals surface area contributed by atoms with Gasteiger partial charge in [-0.25, -0.2) is 14.2 Å². The van der Waals surface area contributed by atoms with E-state index in [2.05, 4.69) is 20.9 Å². The number of pyridine rings is 2. The minimum Gasteiger partial charge on any atom is -0.448 e. The van der Waals surface area contributed by atoms with Crippen molar-refractivity contribution in [2.24, 2.45) is 7.05 Å². The van der Waals surface area contributed by atoms with E-state index in [1.807, 2.05) is 20.8 Å². The Morgan fingerprint density at radius 2 is 1.83 bits per heavy atom. The molecule has 35 heavy (non-hydrogen) atoms. The maximum Gasteiger partial charge on any atom is 0.326 e. The van der Waals surface area contributed by atoms with Crippen LogP contribution < -0.4 is 21.5 Å². The van der Waals surface area contributed by atoms with Gasteiger partial charge in [0, 0.05) is 43.4 Å². The van der Waals surface area contributed by atoms with Gasteiger partial charge in [-0.2, -0.15) is 0 Å². The van der Waals surface area contributed by atoms with Crippen molar-refractivity contribution >= 4 is 34.3 Å². The third-order valence-electron chi connectivity index (χ3n) is 5.92. The Morgan fingerprint density at radius 1 is 1.09 bits per heavy atom. The smallest absolute Gasteiger partial charge is 0.326 e. The maximum absolute atomic E-state index is 14.8. The van der Waals surface area contributed by atoms with Crippen LogP contribution in [0.4, 0.5) is 26.6 Å². The number of rotatable bonds is 4. The first-order valence-corrected chi connectivity index (χ1v) is 11.1. The summed E-state index contributed by atoms with van der Waals surface area (Å²) in [6.07, 6.45) is 3.24. The molecule has 0 saturated heterocycles. The maximum atomic E-state index is 14.8. The number of benzene rings is 1. The van der Waals surface area contributed by atoms with Crippen molar-refractivity contribution in [3.63, 3.8) is 0 Å². The molecule has 2 amide bonds. The van der Waals surface area contributed by atoms with Gasteiger partial charge in [-0.1, -0.05) is 20.8 Å². The molecule has 3 N–H and O–H groups in total. The molecule has 0 spiro atoms. The van der Waals surface area contributed by atoms with E-state index in [0.29, 0.717) is 28.0 Å². The van der Waals surface area contributed by atoms with E-state index in [4.69, 9.17) is 4.42 Å². The van der Waals surface area contributed by atoms with Crippen molar-refractivity contribution in [2.45, 2.75) is 33.1 Å². The molecule has 0 aliphatic heterocycles. The lowest BCUT2D eigenvalue weighted by atomic mass is 9.89. The van der Waals surface area contributed by atoms with Crippen molar-refractivity contribution in [3.8, 4) is 11.1 Å². The molecule has 0 aliphatic rings. The van der Waals surface area contributed by atoms with Crippen LogP contribution in [0, 0.1) is 12.7 Å². The second-order valence-corrected chi connectivity index (χ2v) is 9.48. The molecule has 0 bridgehead atoms.